The van der Waals surface area contributed by atoms with Gasteiger partial charge in [0.1, 0.15) is 11.9 Å². The van der Waals surface area contributed by atoms with Crippen molar-refractivity contribution < 1.29 is 4.79 Å². The number of nitrogens with zero attached hydrogens (tertiary/aromatic N) is 4. The second-order valence-electron chi connectivity index (χ2n) is 6.71. The predicted molar refractivity (Wildman–Crippen MR) is 109 cm³/mol. The normalized spacial score (nSPS) is 13.8. The number of benzene rings is 2. The van der Waals surface area contributed by atoms with Crippen LogP contribution in [0.5, 0.6) is 0 Å². The molecule has 5 heteroatoms. The summed E-state index contributed by atoms with van der Waals surface area (Å²) in [6.45, 7) is 2.56. The largest absolute Gasteiger partial charge is 0.352 e. The summed E-state index contributed by atoms with van der Waals surface area (Å²) >= 11 is 0. The van der Waals surface area contributed by atoms with Crippen molar-refractivity contribution >= 4 is 11.7 Å². The molecule has 0 N–H and O–H groups in total. The summed E-state index contributed by atoms with van der Waals surface area (Å²) in [6.07, 6.45) is 1.70. The van der Waals surface area contributed by atoms with Gasteiger partial charge in [-0.1, -0.05) is 42.5 Å². The highest BCUT2D eigenvalue weighted by molar-refractivity contribution is 5.95. The minimum absolute atomic E-state index is 0.0424. The third kappa shape index (κ3) is 3.58. The van der Waals surface area contributed by atoms with E-state index in [1.165, 1.54) is 0 Å². The van der Waals surface area contributed by atoms with E-state index in [9.17, 15) is 10.1 Å². The summed E-state index contributed by atoms with van der Waals surface area (Å²) in [5, 5.41) is 9.26. The smallest absolute Gasteiger partial charge is 0.253 e. The zero-order valence-corrected chi connectivity index (χ0v) is 15.5. The van der Waals surface area contributed by atoms with Gasteiger partial charge >= 0.3 is 0 Å². The third-order valence-corrected chi connectivity index (χ3v) is 5.01. The van der Waals surface area contributed by atoms with Crippen molar-refractivity contribution in [2.45, 2.75) is 0 Å². The van der Waals surface area contributed by atoms with Crippen molar-refractivity contribution in [2.75, 3.05) is 31.1 Å². The third-order valence-electron chi connectivity index (χ3n) is 5.01. The molecule has 1 saturated heterocycles. The molecule has 1 amide bonds. The molecular formula is C23H20N4O. The Kier molecular flexibility index (Phi) is 5.03. The lowest BCUT2D eigenvalue weighted by molar-refractivity contribution is 0.0746. The van der Waals surface area contributed by atoms with Gasteiger partial charge in [0.25, 0.3) is 5.91 Å². The number of anilines is 1. The summed E-state index contributed by atoms with van der Waals surface area (Å²) in [6, 6.07) is 23.6. The van der Waals surface area contributed by atoms with Crippen LogP contribution in [-0.2, 0) is 0 Å². The summed E-state index contributed by atoms with van der Waals surface area (Å²) in [4.78, 5) is 21.1. The average molecular weight is 368 g/mol. The number of amides is 1. The Morgan fingerprint density at radius 1 is 0.857 bits per heavy atom. The fourth-order valence-electron chi connectivity index (χ4n) is 3.48. The highest BCUT2D eigenvalue weighted by Crippen LogP contribution is 2.21. The number of aromatic nitrogens is 1. The molecule has 2 aromatic carbocycles. The number of hydrogen-bond acceptors (Lipinski definition) is 4. The molecule has 1 aromatic heterocycles. The molecule has 0 saturated carbocycles. The first-order valence-electron chi connectivity index (χ1n) is 9.31. The van der Waals surface area contributed by atoms with E-state index in [1.54, 1.807) is 18.3 Å². The number of piperazine rings is 1. The van der Waals surface area contributed by atoms with Crippen molar-refractivity contribution in [1.82, 2.24) is 9.88 Å². The highest BCUT2D eigenvalue weighted by Gasteiger charge is 2.24. The molecule has 0 radical (unpaired) electrons. The van der Waals surface area contributed by atoms with E-state index in [4.69, 9.17) is 0 Å². The Bertz CT molecular complexity index is 1000. The molecule has 1 aliphatic heterocycles. The van der Waals surface area contributed by atoms with Crippen molar-refractivity contribution in [3.63, 3.8) is 0 Å². The van der Waals surface area contributed by atoms with Crippen LogP contribution in [0.1, 0.15) is 15.9 Å². The molecule has 4 rings (SSSR count). The fraction of sp³-hybridized carbons (Fsp3) is 0.174. The van der Waals surface area contributed by atoms with Crippen LogP contribution in [0, 0.1) is 11.3 Å². The van der Waals surface area contributed by atoms with Gasteiger partial charge in [0.2, 0.25) is 0 Å². The Labute approximate surface area is 164 Å². The van der Waals surface area contributed by atoms with Crippen molar-refractivity contribution in [3.05, 3.63) is 84.1 Å². The molecular weight excluding hydrogens is 348 g/mol. The zero-order chi connectivity index (χ0) is 19.3. The van der Waals surface area contributed by atoms with Gasteiger partial charge in [-0.25, -0.2) is 4.98 Å². The topological polar surface area (TPSA) is 60.2 Å². The summed E-state index contributed by atoms with van der Waals surface area (Å²) < 4.78 is 0. The minimum Gasteiger partial charge on any atom is -0.352 e. The van der Waals surface area contributed by atoms with Crippen LogP contribution in [0.2, 0.25) is 0 Å². The molecule has 28 heavy (non-hydrogen) atoms. The van der Waals surface area contributed by atoms with Gasteiger partial charge in [-0.05, 0) is 35.4 Å². The van der Waals surface area contributed by atoms with E-state index in [0.717, 1.165) is 11.1 Å². The molecule has 3 aromatic rings. The van der Waals surface area contributed by atoms with E-state index in [0.29, 0.717) is 43.1 Å². The second kappa shape index (κ2) is 7.93. The van der Waals surface area contributed by atoms with Crippen LogP contribution in [0.15, 0.2) is 72.9 Å². The SMILES string of the molecule is N#Cc1cccnc1N1CCN(C(=O)c2ccc(-c3ccccc3)cc2)CC1. The molecule has 1 fully saturated rings. The van der Waals surface area contributed by atoms with E-state index in [-0.39, 0.29) is 5.91 Å². The van der Waals surface area contributed by atoms with Crippen LogP contribution < -0.4 is 4.90 Å². The van der Waals surface area contributed by atoms with E-state index in [1.807, 2.05) is 47.4 Å². The van der Waals surface area contributed by atoms with Crippen LogP contribution >= 0.6 is 0 Å². The van der Waals surface area contributed by atoms with Gasteiger partial charge in [-0.3, -0.25) is 4.79 Å². The zero-order valence-electron chi connectivity index (χ0n) is 15.5. The molecule has 0 unspecified atom stereocenters. The summed E-state index contributed by atoms with van der Waals surface area (Å²) in [7, 11) is 0. The molecule has 0 atom stereocenters. The molecule has 5 nitrogen and oxygen atoms in total. The van der Waals surface area contributed by atoms with E-state index < -0.39 is 0 Å². The number of nitriles is 1. The Balaban J connectivity index is 1.42. The van der Waals surface area contributed by atoms with Gasteiger partial charge < -0.3 is 9.80 Å². The predicted octanol–water partition coefficient (Wildman–Crippen LogP) is 3.58. The number of hydrogen-bond donors (Lipinski definition) is 0. The summed E-state index contributed by atoms with van der Waals surface area (Å²) in [5.41, 5.74) is 3.50. The first-order chi connectivity index (χ1) is 13.8. The molecule has 1 aliphatic rings. The lowest BCUT2D eigenvalue weighted by atomic mass is 10.0. The van der Waals surface area contributed by atoms with Crippen molar-refractivity contribution in [2.24, 2.45) is 0 Å². The van der Waals surface area contributed by atoms with Gasteiger partial charge in [-0.2, -0.15) is 5.26 Å². The quantitative estimate of drug-likeness (QED) is 0.709. The van der Waals surface area contributed by atoms with Crippen molar-refractivity contribution in [1.29, 1.82) is 5.26 Å². The molecule has 0 spiro atoms. The fourth-order valence-corrected chi connectivity index (χ4v) is 3.48. The number of carbonyl (C=O) groups is 1. The lowest BCUT2D eigenvalue weighted by Gasteiger charge is -2.35. The molecule has 2 heterocycles. The van der Waals surface area contributed by atoms with Gasteiger partial charge in [0.15, 0.2) is 0 Å². The second-order valence-corrected chi connectivity index (χ2v) is 6.71. The van der Waals surface area contributed by atoms with Gasteiger partial charge in [-0.15, -0.1) is 0 Å². The average Bonchev–Trinajstić information content (AvgIpc) is 2.79. The molecule has 0 aliphatic carbocycles. The monoisotopic (exact) mass is 368 g/mol. The first kappa shape index (κ1) is 17.7. The standard InChI is InChI=1S/C23H20N4O/c24-17-21-7-4-12-25-22(21)26-13-15-27(16-14-26)23(28)20-10-8-19(9-11-20)18-5-2-1-3-6-18/h1-12H,13-16H2. The van der Waals surface area contributed by atoms with E-state index >= 15 is 0 Å². The maximum absolute atomic E-state index is 12.9. The Morgan fingerprint density at radius 3 is 2.21 bits per heavy atom. The van der Waals surface area contributed by atoms with Crippen LogP contribution in [0.4, 0.5) is 5.82 Å². The Morgan fingerprint density at radius 2 is 1.54 bits per heavy atom. The number of rotatable bonds is 3. The van der Waals surface area contributed by atoms with Crippen LogP contribution in [-0.4, -0.2) is 42.0 Å². The molecule has 0 bridgehead atoms. The lowest BCUT2D eigenvalue weighted by Crippen LogP contribution is -2.49. The number of carbonyl (C=O) groups excluding carboxylic acids is 1. The molecule has 138 valence electrons. The van der Waals surface area contributed by atoms with Gasteiger partial charge in [0, 0.05) is 37.9 Å². The summed E-state index contributed by atoms with van der Waals surface area (Å²) in [5.74, 6) is 0.741. The first-order valence-corrected chi connectivity index (χ1v) is 9.31. The highest BCUT2D eigenvalue weighted by atomic mass is 16.2. The maximum Gasteiger partial charge on any atom is 0.253 e. The van der Waals surface area contributed by atoms with Crippen molar-refractivity contribution in [3.8, 4) is 17.2 Å². The Hall–Kier alpha value is -3.65. The van der Waals surface area contributed by atoms with Crippen LogP contribution in [0.25, 0.3) is 11.1 Å². The van der Waals surface area contributed by atoms with Crippen LogP contribution in [0.3, 0.4) is 0 Å². The van der Waals surface area contributed by atoms with E-state index in [2.05, 4.69) is 28.1 Å². The minimum atomic E-state index is 0.0424. The maximum atomic E-state index is 12.9. The van der Waals surface area contributed by atoms with Gasteiger partial charge in [0.05, 0.1) is 5.56 Å². The number of pyridine rings is 1.